The number of rotatable bonds is 5. The van der Waals surface area contributed by atoms with E-state index in [1.54, 1.807) is 18.2 Å². The first-order chi connectivity index (χ1) is 8.08. The molecule has 0 aromatic heterocycles. The van der Waals surface area contributed by atoms with Crippen molar-refractivity contribution in [1.82, 2.24) is 0 Å². The van der Waals surface area contributed by atoms with E-state index in [-0.39, 0.29) is 5.97 Å². The van der Waals surface area contributed by atoms with Crippen LogP contribution in [0.5, 0.6) is 0 Å². The summed E-state index contributed by atoms with van der Waals surface area (Å²) in [5, 5.41) is 0. The molecule has 3 nitrogen and oxygen atoms in total. The van der Waals surface area contributed by atoms with Crippen LogP contribution in [-0.4, -0.2) is 12.6 Å². The number of ether oxygens (including phenoxy) is 1. The summed E-state index contributed by atoms with van der Waals surface area (Å²) < 4.78 is 5.05. The Hall–Kier alpha value is -1.77. The first-order valence-corrected chi connectivity index (χ1v) is 5.78. The molecule has 0 amide bonds. The molecule has 0 atom stereocenters. The Kier molecular flexibility index (Phi) is 5.27. The molecule has 2 N–H and O–H groups in total. The highest BCUT2D eigenvalue weighted by molar-refractivity contribution is 5.87. The van der Waals surface area contributed by atoms with Gasteiger partial charge in [-0.25, -0.2) is 4.79 Å². The molecule has 3 heteroatoms. The molecule has 1 aromatic carbocycles. The minimum atomic E-state index is -0.303. The third-order valence-electron chi connectivity index (χ3n) is 2.29. The normalized spacial score (nSPS) is 11.0. The zero-order valence-corrected chi connectivity index (χ0v) is 10.3. The Balaban J connectivity index is 2.37. The van der Waals surface area contributed by atoms with Crippen molar-refractivity contribution >= 4 is 17.7 Å². The molecular formula is C14H19NO2. The number of nitrogen functional groups attached to an aromatic ring is 1. The highest BCUT2D eigenvalue weighted by atomic mass is 16.5. The van der Waals surface area contributed by atoms with Crippen LogP contribution in [0.2, 0.25) is 0 Å². The van der Waals surface area contributed by atoms with E-state index in [0.717, 1.165) is 12.0 Å². The molecule has 1 aromatic rings. The summed E-state index contributed by atoms with van der Waals surface area (Å²) in [5.41, 5.74) is 7.20. The lowest BCUT2D eigenvalue weighted by molar-refractivity contribution is -0.137. The Morgan fingerprint density at radius 3 is 2.59 bits per heavy atom. The van der Waals surface area contributed by atoms with Crippen LogP contribution in [0.1, 0.15) is 25.8 Å². The maximum absolute atomic E-state index is 11.3. The van der Waals surface area contributed by atoms with Gasteiger partial charge in [0.2, 0.25) is 0 Å². The van der Waals surface area contributed by atoms with Gasteiger partial charge in [-0.05, 0) is 36.1 Å². The molecule has 0 saturated heterocycles. The highest BCUT2D eigenvalue weighted by Crippen LogP contribution is 2.07. The number of carbonyl (C=O) groups excluding carboxylic acids is 1. The minimum absolute atomic E-state index is 0.303. The minimum Gasteiger partial charge on any atom is -0.463 e. The largest absolute Gasteiger partial charge is 0.463 e. The van der Waals surface area contributed by atoms with Gasteiger partial charge in [0, 0.05) is 11.8 Å². The molecule has 0 bridgehead atoms. The van der Waals surface area contributed by atoms with Gasteiger partial charge in [0.15, 0.2) is 0 Å². The van der Waals surface area contributed by atoms with Gasteiger partial charge in [-0.3, -0.25) is 0 Å². The molecule has 0 heterocycles. The van der Waals surface area contributed by atoms with Crippen LogP contribution in [0.3, 0.4) is 0 Å². The Bertz CT molecular complexity index is 380. The number of carbonyl (C=O) groups is 1. The molecule has 0 aliphatic carbocycles. The van der Waals surface area contributed by atoms with E-state index < -0.39 is 0 Å². The van der Waals surface area contributed by atoms with Gasteiger partial charge < -0.3 is 10.5 Å². The fourth-order valence-electron chi connectivity index (χ4n) is 1.21. The topological polar surface area (TPSA) is 52.3 Å². The lowest BCUT2D eigenvalue weighted by Gasteiger charge is -2.04. The number of anilines is 1. The van der Waals surface area contributed by atoms with E-state index in [4.69, 9.17) is 10.5 Å². The van der Waals surface area contributed by atoms with Crippen molar-refractivity contribution < 1.29 is 9.53 Å². The van der Waals surface area contributed by atoms with Crippen molar-refractivity contribution in [3.05, 3.63) is 35.9 Å². The van der Waals surface area contributed by atoms with Crippen LogP contribution >= 0.6 is 0 Å². The van der Waals surface area contributed by atoms with Crippen LogP contribution in [0.25, 0.3) is 6.08 Å². The lowest BCUT2D eigenvalue weighted by atomic mass is 10.1. The molecule has 0 spiro atoms. The van der Waals surface area contributed by atoms with E-state index in [2.05, 4.69) is 13.8 Å². The monoisotopic (exact) mass is 233 g/mol. The quantitative estimate of drug-likeness (QED) is 0.483. The van der Waals surface area contributed by atoms with Crippen molar-refractivity contribution in [2.45, 2.75) is 20.3 Å². The summed E-state index contributed by atoms with van der Waals surface area (Å²) in [6.45, 7) is 4.67. The van der Waals surface area contributed by atoms with Crippen molar-refractivity contribution in [3.8, 4) is 0 Å². The van der Waals surface area contributed by atoms with E-state index in [9.17, 15) is 4.79 Å². The number of nitrogens with two attached hydrogens (primary N) is 1. The maximum atomic E-state index is 11.3. The van der Waals surface area contributed by atoms with Crippen LogP contribution < -0.4 is 5.73 Å². The predicted octanol–water partition coefficient (Wildman–Crippen LogP) is 2.87. The summed E-state index contributed by atoms with van der Waals surface area (Å²) in [6, 6.07) is 7.30. The standard InChI is InChI=1S/C14H19NO2/c1-11(2)9-10-17-14(16)8-5-12-3-6-13(15)7-4-12/h3-8,11H,9-10,15H2,1-2H3/b8-5+. The first-order valence-electron chi connectivity index (χ1n) is 5.78. The van der Waals surface area contributed by atoms with Crippen LogP contribution in [0.4, 0.5) is 5.69 Å². The summed E-state index contributed by atoms with van der Waals surface area (Å²) in [5.74, 6) is 0.242. The smallest absolute Gasteiger partial charge is 0.330 e. The van der Waals surface area contributed by atoms with Gasteiger partial charge in [0.05, 0.1) is 6.61 Å². The second-order valence-corrected chi connectivity index (χ2v) is 4.35. The molecule has 0 saturated carbocycles. The molecule has 0 aliphatic heterocycles. The lowest BCUT2D eigenvalue weighted by Crippen LogP contribution is -2.04. The van der Waals surface area contributed by atoms with E-state index in [1.807, 2.05) is 12.1 Å². The molecule has 0 radical (unpaired) electrons. The third-order valence-corrected chi connectivity index (χ3v) is 2.29. The average molecular weight is 233 g/mol. The maximum Gasteiger partial charge on any atom is 0.330 e. The SMILES string of the molecule is CC(C)CCOC(=O)/C=C/c1ccc(N)cc1. The molecule has 0 unspecified atom stereocenters. The second kappa shape index (κ2) is 6.74. The highest BCUT2D eigenvalue weighted by Gasteiger charge is 1.98. The van der Waals surface area contributed by atoms with E-state index in [1.165, 1.54) is 6.08 Å². The molecule has 0 aliphatic rings. The predicted molar refractivity (Wildman–Crippen MR) is 70.3 cm³/mol. The molecule has 92 valence electrons. The second-order valence-electron chi connectivity index (χ2n) is 4.35. The molecular weight excluding hydrogens is 214 g/mol. The number of hydrogen-bond acceptors (Lipinski definition) is 3. The van der Waals surface area contributed by atoms with Crippen LogP contribution in [0, 0.1) is 5.92 Å². The number of esters is 1. The summed E-state index contributed by atoms with van der Waals surface area (Å²) in [4.78, 5) is 11.3. The Labute approximate surface area is 102 Å². The third kappa shape index (κ3) is 5.76. The summed E-state index contributed by atoms with van der Waals surface area (Å²) in [7, 11) is 0. The zero-order chi connectivity index (χ0) is 12.7. The zero-order valence-electron chi connectivity index (χ0n) is 10.3. The summed E-state index contributed by atoms with van der Waals surface area (Å²) >= 11 is 0. The van der Waals surface area contributed by atoms with Gasteiger partial charge in [0.1, 0.15) is 0 Å². The van der Waals surface area contributed by atoms with Crippen molar-refractivity contribution in [2.75, 3.05) is 12.3 Å². The summed E-state index contributed by atoms with van der Waals surface area (Å²) in [6.07, 6.45) is 4.05. The van der Waals surface area contributed by atoms with Crippen molar-refractivity contribution in [1.29, 1.82) is 0 Å². The van der Waals surface area contributed by atoms with E-state index >= 15 is 0 Å². The van der Waals surface area contributed by atoms with Crippen molar-refractivity contribution in [3.63, 3.8) is 0 Å². The Morgan fingerprint density at radius 1 is 1.35 bits per heavy atom. The van der Waals surface area contributed by atoms with Crippen LogP contribution in [-0.2, 0) is 9.53 Å². The first kappa shape index (κ1) is 13.3. The number of hydrogen-bond donors (Lipinski definition) is 1. The van der Waals surface area contributed by atoms with Gasteiger partial charge in [0.25, 0.3) is 0 Å². The van der Waals surface area contributed by atoms with E-state index in [0.29, 0.717) is 18.2 Å². The molecule has 1 rings (SSSR count). The van der Waals surface area contributed by atoms with Gasteiger partial charge >= 0.3 is 5.97 Å². The van der Waals surface area contributed by atoms with Gasteiger partial charge in [-0.15, -0.1) is 0 Å². The fraction of sp³-hybridized carbons (Fsp3) is 0.357. The van der Waals surface area contributed by atoms with Gasteiger partial charge in [-0.2, -0.15) is 0 Å². The van der Waals surface area contributed by atoms with Gasteiger partial charge in [-0.1, -0.05) is 26.0 Å². The average Bonchev–Trinajstić information content (AvgIpc) is 2.28. The number of benzene rings is 1. The fourth-order valence-corrected chi connectivity index (χ4v) is 1.21. The Morgan fingerprint density at radius 2 is 2.00 bits per heavy atom. The molecule has 0 fully saturated rings. The van der Waals surface area contributed by atoms with Crippen molar-refractivity contribution in [2.24, 2.45) is 5.92 Å². The molecule has 17 heavy (non-hydrogen) atoms. The van der Waals surface area contributed by atoms with Crippen LogP contribution in [0.15, 0.2) is 30.3 Å².